The van der Waals surface area contributed by atoms with E-state index in [0.29, 0.717) is 5.56 Å². The highest BCUT2D eigenvalue weighted by atomic mass is 35.5. The number of aryl methyl sites for hydroxylation is 2. The number of thiazole rings is 1. The Labute approximate surface area is 170 Å². The van der Waals surface area contributed by atoms with Gasteiger partial charge in [-0.1, -0.05) is 6.92 Å². The van der Waals surface area contributed by atoms with Crippen LogP contribution >= 0.6 is 36.2 Å². The molecule has 1 aliphatic rings. The van der Waals surface area contributed by atoms with Gasteiger partial charge in [-0.05, 0) is 44.3 Å². The minimum atomic E-state index is -0.0871. The number of halogens is 2. The maximum Gasteiger partial charge on any atom is 0.277 e. The second kappa shape index (κ2) is 8.80. The van der Waals surface area contributed by atoms with Crippen LogP contribution in [0.5, 0.6) is 0 Å². The lowest BCUT2D eigenvalue weighted by Gasteiger charge is -2.22. The van der Waals surface area contributed by atoms with Crippen LogP contribution in [0.25, 0.3) is 10.6 Å². The smallest absolute Gasteiger partial charge is 0.277 e. The number of hydrogen-bond donors (Lipinski definition) is 1. The van der Waals surface area contributed by atoms with E-state index in [9.17, 15) is 4.79 Å². The Kier molecular flexibility index (Phi) is 7.80. The molecule has 0 saturated carbocycles. The van der Waals surface area contributed by atoms with Crippen molar-refractivity contribution in [3.63, 3.8) is 0 Å². The van der Waals surface area contributed by atoms with Crippen molar-refractivity contribution < 1.29 is 0 Å². The molecule has 1 aliphatic heterocycles. The molecule has 0 radical (unpaired) electrons. The van der Waals surface area contributed by atoms with E-state index >= 15 is 0 Å². The van der Waals surface area contributed by atoms with E-state index in [4.69, 9.17) is 10.7 Å². The normalized spacial score (nSPS) is 19.9. The molecule has 3 rings (SSSR count). The molecule has 0 aromatic carbocycles. The molecular formula is C17H27Cl2N5OS. The predicted octanol–water partition coefficient (Wildman–Crippen LogP) is 2.53. The van der Waals surface area contributed by atoms with Crippen molar-refractivity contribution in [1.29, 1.82) is 0 Å². The van der Waals surface area contributed by atoms with E-state index in [1.54, 1.807) is 7.05 Å². The van der Waals surface area contributed by atoms with Crippen molar-refractivity contribution in [3.05, 3.63) is 32.7 Å². The SMILES string of the molecule is Cc1nn(C)c(=O)c(-c2nc(CN3CCC(C)(CN)C3)cs2)c1C.Cl.Cl. The summed E-state index contributed by atoms with van der Waals surface area (Å²) in [4.78, 5) is 19.6. The van der Waals surface area contributed by atoms with Crippen LogP contribution in [0, 0.1) is 19.3 Å². The van der Waals surface area contributed by atoms with Crippen molar-refractivity contribution in [3.8, 4) is 10.6 Å². The van der Waals surface area contributed by atoms with Gasteiger partial charge in [-0.3, -0.25) is 9.69 Å². The Morgan fingerprint density at radius 1 is 1.35 bits per heavy atom. The second-order valence-electron chi connectivity index (χ2n) is 7.13. The molecule has 1 unspecified atom stereocenters. The van der Waals surface area contributed by atoms with Gasteiger partial charge in [-0.25, -0.2) is 9.67 Å². The van der Waals surface area contributed by atoms with Crippen molar-refractivity contribution in [1.82, 2.24) is 19.7 Å². The topological polar surface area (TPSA) is 77.0 Å². The average molecular weight is 420 g/mol. The van der Waals surface area contributed by atoms with Gasteiger partial charge in [0.2, 0.25) is 0 Å². The van der Waals surface area contributed by atoms with E-state index in [2.05, 4.69) is 22.3 Å². The van der Waals surface area contributed by atoms with Gasteiger partial charge in [0, 0.05) is 25.5 Å². The number of nitrogens with two attached hydrogens (primary N) is 1. The maximum absolute atomic E-state index is 12.5. The van der Waals surface area contributed by atoms with Crippen LogP contribution in [0.3, 0.4) is 0 Å². The van der Waals surface area contributed by atoms with E-state index in [1.807, 2.05) is 13.8 Å². The van der Waals surface area contributed by atoms with Crippen LogP contribution in [-0.2, 0) is 13.6 Å². The fourth-order valence-electron chi connectivity index (χ4n) is 3.25. The van der Waals surface area contributed by atoms with Gasteiger partial charge >= 0.3 is 0 Å². The molecule has 26 heavy (non-hydrogen) atoms. The fourth-order valence-corrected chi connectivity index (χ4v) is 4.15. The summed E-state index contributed by atoms with van der Waals surface area (Å²) in [6, 6.07) is 0. The van der Waals surface area contributed by atoms with Crippen molar-refractivity contribution in [2.75, 3.05) is 19.6 Å². The third kappa shape index (κ3) is 4.46. The third-order valence-electron chi connectivity index (χ3n) is 5.01. The molecule has 0 aliphatic carbocycles. The average Bonchev–Trinajstić information content (AvgIpc) is 3.14. The summed E-state index contributed by atoms with van der Waals surface area (Å²) < 4.78 is 1.39. The molecule has 1 fully saturated rings. The van der Waals surface area contributed by atoms with Crippen molar-refractivity contribution >= 4 is 36.2 Å². The first kappa shape index (κ1) is 23.0. The van der Waals surface area contributed by atoms with E-state index in [0.717, 1.165) is 54.6 Å². The predicted molar refractivity (Wildman–Crippen MR) is 112 cm³/mol. The molecule has 6 nitrogen and oxygen atoms in total. The van der Waals surface area contributed by atoms with Gasteiger partial charge in [-0.2, -0.15) is 5.10 Å². The molecule has 1 atom stereocenters. The summed E-state index contributed by atoms with van der Waals surface area (Å²) in [6.45, 7) is 9.69. The van der Waals surface area contributed by atoms with Gasteiger partial charge in [-0.15, -0.1) is 36.2 Å². The van der Waals surface area contributed by atoms with E-state index < -0.39 is 0 Å². The summed E-state index contributed by atoms with van der Waals surface area (Å²) in [5, 5.41) is 7.08. The zero-order valence-electron chi connectivity index (χ0n) is 15.6. The number of likely N-dealkylation sites (tertiary alicyclic amines) is 1. The molecule has 2 aromatic rings. The Hall–Kier alpha value is -0.990. The van der Waals surface area contributed by atoms with Gasteiger partial charge in [0.05, 0.1) is 17.0 Å². The molecule has 3 heterocycles. The number of nitrogens with zero attached hydrogens (tertiary/aromatic N) is 4. The lowest BCUT2D eigenvalue weighted by molar-refractivity contribution is 0.272. The second-order valence-corrected chi connectivity index (χ2v) is 7.99. The van der Waals surface area contributed by atoms with Crippen molar-refractivity contribution in [2.45, 2.75) is 33.7 Å². The quantitative estimate of drug-likeness (QED) is 0.823. The highest BCUT2D eigenvalue weighted by molar-refractivity contribution is 7.13. The maximum atomic E-state index is 12.5. The number of aromatic nitrogens is 3. The van der Waals surface area contributed by atoms with Crippen LogP contribution in [-0.4, -0.2) is 39.3 Å². The van der Waals surface area contributed by atoms with Crippen LogP contribution in [0.1, 0.15) is 30.3 Å². The first-order valence-corrected chi connectivity index (χ1v) is 9.13. The first-order valence-electron chi connectivity index (χ1n) is 8.25. The van der Waals surface area contributed by atoms with Gasteiger partial charge in [0.15, 0.2) is 0 Å². The molecule has 2 N–H and O–H groups in total. The molecule has 9 heteroatoms. The molecule has 146 valence electrons. The third-order valence-corrected chi connectivity index (χ3v) is 5.92. The zero-order chi connectivity index (χ0) is 17.5. The van der Waals surface area contributed by atoms with Crippen LogP contribution < -0.4 is 11.3 Å². The van der Waals surface area contributed by atoms with Gasteiger partial charge in [0.25, 0.3) is 5.56 Å². The lowest BCUT2D eigenvalue weighted by atomic mass is 9.90. The number of rotatable bonds is 4. The Morgan fingerprint density at radius 3 is 2.65 bits per heavy atom. The minimum absolute atomic E-state index is 0. The van der Waals surface area contributed by atoms with Crippen LogP contribution in [0.4, 0.5) is 0 Å². The Morgan fingerprint density at radius 2 is 2.04 bits per heavy atom. The summed E-state index contributed by atoms with van der Waals surface area (Å²) in [5.74, 6) is 0. The van der Waals surface area contributed by atoms with Gasteiger partial charge in [0.1, 0.15) is 5.01 Å². The largest absolute Gasteiger partial charge is 0.330 e. The highest BCUT2D eigenvalue weighted by Crippen LogP contribution is 2.30. The summed E-state index contributed by atoms with van der Waals surface area (Å²) in [5.41, 5.74) is 9.48. The van der Waals surface area contributed by atoms with E-state index in [-0.39, 0.29) is 35.8 Å². The fraction of sp³-hybridized carbons (Fsp3) is 0.588. The summed E-state index contributed by atoms with van der Waals surface area (Å²) >= 11 is 1.53. The molecular weight excluding hydrogens is 393 g/mol. The molecule has 0 amide bonds. The summed E-state index contributed by atoms with van der Waals surface area (Å²) in [7, 11) is 1.69. The van der Waals surface area contributed by atoms with E-state index in [1.165, 1.54) is 16.0 Å². The first-order chi connectivity index (χ1) is 11.3. The van der Waals surface area contributed by atoms with Crippen molar-refractivity contribution in [2.24, 2.45) is 18.2 Å². The molecule has 1 saturated heterocycles. The monoisotopic (exact) mass is 419 g/mol. The zero-order valence-corrected chi connectivity index (χ0v) is 18.1. The molecule has 2 aromatic heterocycles. The Bertz CT molecular complexity index is 822. The standard InChI is InChI=1S/C17H25N5OS.2ClH/c1-11-12(2)20-21(4)16(23)14(11)15-19-13(8-24-15)7-22-6-5-17(3,9-18)10-22;;/h8H,5-7,9-10,18H2,1-4H3;2*1H. The number of hydrogen-bond acceptors (Lipinski definition) is 6. The van der Waals surface area contributed by atoms with Crippen LogP contribution in [0.2, 0.25) is 0 Å². The van der Waals surface area contributed by atoms with Gasteiger partial charge < -0.3 is 5.73 Å². The summed E-state index contributed by atoms with van der Waals surface area (Å²) in [6.07, 6.45) is 1.13. The molecule has 0 bridgehead atoms. The lowest BCUT2D eigenvalue weighted by Crippen LogP contribution is -2.31. The highest BCUT2D eigenvalue weighted by Gasteiger charge is 2.32. The minimum Gasteiger partial charge on any atom is -0.330 e. The van der Waals surface area contributed by atoms with Crippen LogP contribution in [0.15, 0.2) is 10.2 Å². The Balaban J connectivity index is 0.00000169. The molecule has 0 spiro atoms.